The second kappa shape index (κ2) is 9.85. The fraction of sp³-hybridized carbons (Fsp3) is 0.500. The summed E-state index contributed by atoms with van der Waals surface area (Å²) >= 11 is 0. The molecule has 4 heterocycles. The molecule has 37 heavy (non-hydrogen) atoms. The predicted octanol–water partition coefficient (Wildman–Crippen LogP) is 4.52. The van der Waals surface area contributed by atoms with Crippen LogP contribution in [0.5, 0.6) is 0 Å². The van der Waals surface area contributed by atoms with Crippen LogP contribution in [0.3, 0.4) is 0 Å². The second-order valence-electron chi connectivity index (χ2n) is 10.6. The van der Waals surface area contributed by atoms with Crippen LogP contribution in [0.2, 0.25) is 0 Å². The molecule has 3 fully saturated rings. The quantitative estimate of drug-likeness (QED) is 0.497. The fourth-order valence-corrected chi connectivity index (χ4v) is 6.16. The highest BCUT2D eigenvalue weighted by atomic mass is 19.1. The van der Waals surface area contributed by atoms with Crippen LogP contribution in [0.15, 0.2) is 35.3 Å². The van der Waals surface area contributed by atoms with E-state index in [1.165, 1.54) is 12.1 Å². The maximum Gasteiger partial charge on any atom is 0.354 e. The lowest BCUT2D eigenvalue weighted by atomic mass is 9.82. The Labute approximate surface area is 215 Å². The van der Waals surface area contributed by atoms with Crippen LogP contribution in [-0.4, -0.2) is 76.2 Å². The molecule has 1 atom stereocenters. The molecule has 0 radical (unpaired) electrons. The largest absolute Gasteiger partial charge is 0.477 e. The minimum atomic E-state index is -1.06. The van der Waals surface area contributed by atoms with Gasteiger partial charge >= 0.3 is 5.97 Å². The third-order valence-corrected chi connectivity index (χ3v) is 8.36. The van der Waals surface area contributed by atoms with Crippen molar-refractivity contribution < 1.29 is 14.3 Å². The fourth-order valence-electron chi connectivity index (χ4n) is 6.16. The van der Waals surface area contributed by atoms with Crippen molar-refractivity contribution in [3.05, 3.63) is 47.5 Å². The number of carboxylic acid groups (broad SMARTS) is 1. The van der Waals surface area contributed by atoms with Gasteiger partial charge in [0.1, 0.15) is 5.82 Å². The van der Waals surface area contributed by atoms with Gasteiger partial charge in [0, 0.05) is 50.8 Å². The number of carboxylic acids is 1. The van der Waals surface area contributed by atoms with Gasteiger partial charge in [-0.05, 0) is 69.0 Å². The maximum atomic E-state index is 13.7. The number of halogens is 1. The molecule has 1 unspecified atom stereocenters. The first kappa shape index (κ1) is 24.0. The van der Waals surface area contributed by atoms with Crippen molar-refractivity contribution >= 4 is 28.9 Å². The summed E-state index contributed by atoms with van der Waals surface area (Å²) in [6.07, 6.45) is 8.61. The summed E-state index contributed by atoms with van der Waals surface area (Å²) in [6, 6.07) is 8.39. The van der Waals surface area contributed by atoms with Gasteiger partial charge in [-0.1, -0.05) is 6.42 Å². The monoisotopic (exact) mass is 504 g/mol. The molecular formula is C28H33FN6O2. The van der Waals surface area contributed by atoms with Gasteiger partial charge in [0.25, 0.3) is 0 Å². The van der Waals surface area contributed by atoms with Crippen LogP contribution < -0.4 is 4.90 Å². The molecule has 2 saturated heterocycles. The molecule has 0 spiro atoms. The average Bonchev–Trinajstić information content (AvgIpc) is 3.49. The number of pyridine rings is 1. The molecule has 1 aliphatic carbocycles. The lowest BCUT2D eigenvalue weighted by Crippen LogP contribution is -2.44. The zero-order valence-electron chi connectivity index (χ0n) is 21.2. The van der Waals surface area contributed by atoms with Crippen molar-refractivity contribution in [3.8, 4) is 5.69 Å². The van der Waals surface area contributed by atoms with E-state index in [9.17, 15) is 14.3 Å². The van der Waals surface area contributed by atoms with E-state index in [1.54, 1.807) is 22.9 Å². The lowest BCUT2D eigenvalue weighted by Gasteiger charge is -2.38. The summed E-state index contributed by atoms with van der Waals surface area (Å²) in [5, 5.41) is 15.8. The Morgan fingerprint density at radius 3 is 2.51 bits per heavy atom. The Morgan fingerprint density at radius 2 is 1.86 bits per heavy atom. The molecule has 2 aliphatic heterocycles. The first-order valence-electron chi connectivity index (χ1n) is 13.4. The Hall–Kier alpha value is -3.33. The standard InChI is InChI=1S/C28H33FN6O2/c1-30-16-18-9-12-34(17-18)21-10-13-33(14-11-21)24-15-23(28(36)37)31-27-25(24)26(19-3-2-4-19)32-35(27)22-7-5-20(29)6-8-22/h5-8,15-16,18-19,21H,2-4,9-14,17H2,1H3,(H,36,37)/b30-16-. The van der Waals surface area contributed by atoms with Crippen LogP contribution in [0.25, 0.3) is 16.7 Å². The molecule has 0 bridgehead atoms. The third-order valence-electron chi connectivity index (χ3n) is 8.36. The van der Waals surface area contributed by atoms with Crippen molar-refractivity contribution in [1.82, 2.24) is 19.7 Å². The van der Waals surface area contributed by atoms with Gasteiger partial charge in [0.2, 0.25) is 0 Å². The second-order valence-corrected chi connectivity index (χ2v) is 10.6. The lowest BCUT2D eigenvalue weighted by molar-refractivity contribution is 0.0691. The van der Waals surface area contributed by atoms with Crippen LogP contribution in [0, 0.1) is 11.7 Å². The van der Waals surface area contributed by atoms with Crippen LogP contribution in [0.1, 0.15) is 60.6 Å². The van der Waals surface area contributed by atoms with Crippen molar-refractivity contribution in [3.63, 3.8) is 0 Å². The van der Waals surface area contributed by atoms with E-state index in [0.717, 1.165) is 81.5 Å². The number of piperidine rings is 1. The highest BCUT2D eigenvalue weighted by Gasteiger charge is 2.33. The maximum absolute atomic E-state index is 13.7. The summed E-state index contributed by atoms with van der Waals surface area (Å²) in [7, 11) is 1.85. The van der Waals surface area contributed by atoms with Gasteiger partial charge in [-0.2, -0.15) is 5.10 Å². The van der Waals surface area contributed by atoms with E-state index in [1.807, 2.05) is 7.05 Å². The molecule has 1 saturated carbocycles. The minimum absolute atomic E-state index is 0.00859. The third kappa shape index (κ3) is 4.50. The Morgan fingerprint density at radius 1 is 1.11 bits per heavy atom. The number of fused-ring (bicyclic) bond motifs is 1. The first-order valence-corrected chi connectivity index (χ1v) is 13.4. The van der Waals surface area contributed by atoms with Crippen molar-refractivity contribution in [2.75, 3.05) is 38.1 Å². The summed E-state index contributed by atoms with van der Waals surface area (Å²) in [5.74, 6) is -0.507. The summed E-state index contributed by atoms with van der Waals surface area (Å²) < 4.78 is 15.4. The number of hydrogen-bond donors (Lipinski definition) is 1. The first-order chi connectivity index (χ1) is 18.0. The molecule has 3 aliphatic rings. The average molecular weight is 505 g/mol. The number of nitrogens with zero attached hydrogens (tertiary/aromatic N) is 6. The number of aromatic carboxylic acids is 1. The number of rotatable bonds is 6. The Bertz CT molecular complexity index is 1320. The number of aromatic nitrogens is 3. The SMILES string of the molecule is C/N=C\C1CCN(C2CCN(c3cc(C(=O)O)nc4c3c(C3CCC3)nn4-c3ccc(F)cc3)CC2)C1. The molecule has 194 valence electrons. The summed E-state index contributed by atoms with van der Waals surface area (Å²) in [6.45, 7) is 3.90. The molecule has 1 aromatic carbocycles. The van der Waals surface area contributed by atoms with Gasteiger partial charge in [-0.3, -0.25) is 4.90 Å². The van der Waals surface area contributed by atoms with E-state index >= 15 is 0 Å². The van der Waals surface area contributed by atoms with Gasteiger partial charge in [-0.15, -0.1) is 0 Å². The van der Waals surface area contributed by atoms with E-state index in [0.29, 0.717) is 29.2 Å². The number of anilines is 1. The highest BCUT2D eigenvalue weighted by molar-refractivity contribution is 5.98. The van der Waals surface area contributed by atoms with Crippen LogP contribution >= 0.6 is 0 Å². The molecule has 9 heteroatoms. The van der Waals surface area contributed by atoms with Crippen LogP contribution in [-0.2, 0) is 0 Å². The summed E-state index contributed by atoms with van der Waals surface area (Å²) in [5.41, 5.74) is 3.11. The van der Waals surface area contributed by atoms with Crippen LogP contribution in [0.4, 0.5) is 10.1 Å². The van der Waals surface area contributed by atoms with E-state index in [4.69, 9.17) is 5.10 Å². The normalized spacial score (nSPS) is 21.8. The summed E-state index contributed by atoms with van der Waals surface area (Å²) in [4.78, 5) is 25.8. The topological polar surface area (TPSA) is 86.8 Å². The molecule has 3 aromatic rings. The van der Waals surface area contributed by atoms with Gasteiger partial charge in [0.05, 0.1) is 22.5 Å². The molecule has 6 rings (SSSR count). The number of carbonyl (C=O) groups is 1. The zero-order chi connectivity index (χ0) is 25.5. The highest BCUT2D eigenvalue weighted by Crippen LogP contribution is 2.43. The van der Waals surface area contributed by atoms with Gasteiger partial charge < -0.3 is 15.0 Å². The van der Waals surface area contributed by atoms with Gasteiger partial charge in [0.15, 0.2) is 11.3 Å². The molecule has 1 N–H and O–H groups in total. The Kier molecular flexibility index (Phi) is 6.40. The Balaban J connectivity index is 1.37. The molecule has 2 aromatic heterocycles. The van der Waals surface area contributed by atoms with Crippen molar-refractivity contribution in [2.24, 2.45) is 10.9 Å². The minimum Gasteiger partial charge on any atom is -0.477 e. The number of benzene rings is 1. The van der Waals surface area contributed by atoms with E-state index < -0.39 is 5.97 Å². The number of hydrogen-bond acceptors (Lipinski definition) is 6. The number of aliphatic imine (C=N–C) groups is 1. The van der Waals surface area contributed by atoms with Gasteiger partial charge in [-0.25, -0.2) is 18.9 Å². The number of likely N-dealkylation sites (tertiary alicyclic amines) is 1. The van der Waals surface area contributed by atoms with Crippen molar-refractivity contribution in [1.29, 1.82) is 0 Å². The van der Waals surface area contributed by atoms with Crippen molar-refractivity contribution in [2.45, 2.75) is 50.5 Å². The predicted molar refractivity (Wildman–Crippen MR) is 142 cm³/mol. The molecule has 8 nitrogen and oxygen atoms in total. The zero-order valence-corrected chi connectivity index (χ0v) is 21.2. The molecular weight excluding hydrogens is 471 g/mol. The van der Waals surface area contributed by atoms with E-state index in [2.05, 4.69) is 26.0 Å². The van der Waals surface area contributed by atoms with E-state index in [-0.39, 0.29) is 11.5 Å². The molecule has 0 amide bonds. The smallest absolute Gasteiger partial charge is 0.354 e.